The van der Waals surface area contributed by atoms with Gasteiger partial charge >= 0.3 is 0 Å². The molecule has 1 aromatic heterocycles. The summed E-state index contributed by atoms with van der Waals surface area (Å²) in [6.45, 7) is 0. The van der Waals surface area contributed by atoms with Gasteiger partial charge < -0.3 is 10.6 Å². The molecule has 0 spiro atoms. The molecule has 98 valence electrons. The molecule has 0 saturated heterocycles. The number of anilines is 1. The maximum absolute atomic E-state index is 11.8. The van der Waals surface area contributed by atoms with Crippen LogP contribution < -0.4 is 10.6 Å². The van der Waals surface area contributed by atoms with Crippen molar-refractivity contribution in [1.29, 1.82) is 0 Å². The highest BCUT2D eigenvalue weighted by Crippen LogP contribution is 2.42. The summed E-state index contributed by atoms with van der Waals surface area (Å²) >= 11 is 9.59. The zero-order chi connectivity index (χ0) is 13.4. The number of fused-ring (bicyclic) bond motifs is 1. The summed E-state index contributed by atoms with van der Waals surface area (Å²) in [5.74, 6) is -0.0353. The maximum atomic E-state index is 11.8. The van der Waals surface area contributed by atoms with Crippen molar-refractivity contribution >= 4 is 46.3 Å². The Morgan fingerprint density at radius 2 is 2.32 bits per heavy atom. The molecule has 0 radical (unpaired) electrons. The fourth-order valence-corrected chi connectivity index (χ4v) is 4.12. The number of likely N-dealkylation sites (N-methyl/N-ethyl adjacent to an activating group) is 1. The maximum Gasteiger partial charge on any atom is 0.246 e. The third kappa shape index (κ3) is 2.39. The number of thiophene rings is 1. The van der Waals surface area contributed by atoms with E-state index in [0.29, 0.717) is 5.02 Å². The van der Waals surface area contributed by atoms with Gasteiger partial charge in [-0.25, -0.2) is 0 Å². The van der Waals surface area contributed by atoms with E-state index < -0.39 is 0 Å². The van der Waals surface area contributed by atoms with Crippen molar-refractivity contribution in [3.63, 3.8) is 0 Å². The minimum absolute atomic E-state index is 0.0353. The summed E-state index contributed by atoms with van der Waals surface area (Å²) in [5, 5.41) is 8.57. The van der Waals surface area contributed by atoms with E-state index in [0.717, 1.165) is 16.1 Å². The molecule has 0 bridgehead atoms. The van der Waals surface area contributed by atoms with Crippen LogP contribution in [0.4, 0.5) is 5.69 Å². The fourth-order valence-electron chi connectivity index (χ4n) is 2.06. The average Bonchev–Trinajstić information content (AvgIpc) is 2.97. The number of carbonyl (C=O) groups is 1. The van der Waals surface area contributed by atoms with E-state index in [4.69, 9.17) is 11.6 Å². The Hall–Kier alpha value is -1.01. The highest BCUT2D eigenvalue weighted by atomic mass is 35.5. The molecule has 19 heavy (non-hydrogen) atoms. The number of halogens is 1. The second-order valence-electron chi connectivity index (χ2n) is 4.11. The number of rotatable bonds is 3. The van der Waals surface area contributed by atoms with Crippen LogP contribution in [0.5, 0.6) is 0 Å². The largest absolute Gasteiger partial charge is 0.324 e. The Bertz CT molecular complexity index is 628. The predicted molar refractivity (Wildman–Crippen MR) is 80.3 cm³/mol. The first-order valence-electron chi connectivity index (χ1n) is 5.72. The van der Waals surface area contributed by atoms with E-state index in [1.54, 1.807) is 30.1 Å². The molecule has 0 aliphatic carbocycles. The molecular formula is C13H11ClN2OS2. The Morgan fingerprint density at radius 3 is 3.00 bits per heavy atom. The molecule has 2 aromatic rings. The van der Waals surface area contributed by atoms with E-state index in [9.17, 15) is 4.79 Å². The Balaban J connectivity index is 1.97. The molecule has 2 N–H and O–H groups in total. The Kier molecular flexibility index (Phi) is 3.54. The zero-order valence-corrected chi connectivity index (χ0v) is 12.5. The molecular weight excluding hydrogens is 300 g/mol. The van der Waals surface area contributed by atoms with Gasteiger partial charge in [0.15, 0.2) is 0 Å². The van der Waals surface area contributed by atoms with Crippen LogP contribution in [0, 0.1) is 0 Å². The average molecular weight is 311 g/mol. The van der Waals surface area contributed by atoms with Gasteiger partial charge in [0.05, 0.1) is 9.23 Å². The highest BCUT2D eigenvalue weighted by molar-refractivity contribution is 8.01. The first-order chi connectivity index (χ1) is 9.19. The lowest BCUT2D eigenvalue weighted by atomic mass is 10.1. The molecule has 1 atom stereocenters. The first kappa shape index (κ1) is 13.0. The molecule has 1 amide bonds. The SMILES string of the molecule is CNC1C(=O)Nc2cc(Sc3cccs3)c(Cl)cc21. The summed E-state index contributed by atoms with van der Waals surface area (Å²) in [5.41, 5.74) is 1.75. The van der Waals surface area contributed by atoms with Gasteiger partial charge in [-0.1, -0.05) is 29.4 Å². The van der Waals surface area contributed by atoms with Crippen LogP contribution in [0.25, 0.3) is 0 Å². The lowest BCUT2D eigenvalue weighted by Gasteiger charge is -2.09. The number of hydrogen-bond donors (Lipinski definition) is 2. The van der Waals surface area contributed by atoms with Gasteiger partial charge in [-0.15, -0.1) is 11.3 Å². The van der Waals surface area contributed by atoms with Gasteiger partial charge in [-0.2, -0.15) is 0 Å². The van der Waals surface area contributed by atoms with Crippen molar-refractivity contribution in [3.8, 4) is 0 Å². The van der Waals surface area contributed by atoms with Gasteiger partial charge in [-0.05, 0) is 30.6 Å². The number of hydrogen-bond acceptors (Lipinski definition) is 4. The molecule has 0 fully saturated rings. The fraction of sp³-hybridized carbons (Fsp3) is 0.154. The van der Waals surface area contributed by atoms with E-state index in [1.807, 2.05) is 29.6 Å². The predicted octanol–water partition coefficient (Wildman–Crippen LogP) is 3.77. The monoisotopic (exact) mass is 310 g/mol. The minimum atomic E-state index is -0.312. The van der Waals surface area contributed by atoms with Crippen LogP contribution in [0.1, 0.15) is 11.6 Å². The van der Waals surface area contributed by atoms with Gasteiger partial charge in [0.1, 0.15) is 6.04 Å². The Labute approximate surface area is 124 Å². The van der Waals surface area contributed by atoms with Crippen LogP contribution in [-0.4, -0.2) is 13.0 Å². The summed E-state index contributed by atoms with van der Waals surface area (Å²) in [6, 6.07) is 7.55. The summed E-state index contributed by atoms with van der Waals surface area (Å²) in [6.07, 6.45) is 0. The summed E-state index contributed by atoms with van der Waals surface area (Å²) < 4.78 is 1.18. The molecule has 1 aromatic carbocycles. The molecule has 3 rings (SSSR count). The molecule has 1 unspecified atom stereocenters. The van der Waals surface area contributed by atoms with Crippen LogP contribution in [0.3, 0.4) is 0 Å². The minimum Gasteiger partial charge on any atom is -0.324 e. The topological polar surface area (TPSA) is 41.1 Å². The molecule has 0 saturated carbocycles. The molecule has 1 aliphatic rings. The van der Waals surface area contributed by atoms with Crippen LogP contribution in [0.2, 0.25) is 5.02 Å². The molecule has 2 heterocycles. The van der Waals surface area contributed by atoms with Gasteiger partial charge in [0.25, 0.3) is 0 Å². The number of amides is 1. The van der Waals surface area contributed by atoms with E-state index in [1.165, 1.54) is 4.21 Å². The van der Waals surface area contributed by atoms with Crippen LogP contribution in [-0.2, 0) is 4.79 Å². The van der Waals surface area contributed by atoms with Crippen molar-refractivity contribution < 1.29 is 4.79 Å². The summed E-state index contributed by atoms with van der Waals surface area (Å²) in [4.78, 5) is 12.7. The molecule has 1 aliphatic heterocycles. The van der Waals surface area contributed by atoms with E-state index in [-0.39, 0.29) is 11.9 Å². The number of carbonyl (C=O) groups excluding carboxylic acids is 1. The number of nitrogens with one attached hydrogen (secondary N) is 2. The quantitative estimate of drug-likeness (QED) is 0.907. The first-order valence-corrected chi connectivity index (χ1v) is 7.79. The smallest absolute Gasteiger partial charge is 0.246 e. The third-order valence-corrected chi connectivity index (χ3v) is 5.45. The van der Waals surface area contributed by atoms with Gasteiger partial charge in [-0.3, -0.25) is 4.79 Å². The lowest BCUT2D eigenvalue weighted by molar-refractivity contribution is -0.117. The molecule has 3 nitrogen and oxygen atoms in total. The van der Waals surface area contributed by atoms with Crippen molar-refractivity contribution in [2.75, 3.05) is 12.4 Å². The molecule has 6 heteroatoms. The lowest BCUT2D eigenvalue weighted by Crippen LogP contribution is -2.23. The Morgan fingerprint density at radius 1 is 1.47 bits per heavy atom. The highest BCUT2D eigenvalue weighted by Gasteiger charge is 2.30. The zero-order valence-electron chi connectivity index (χ0n) is 10.1. The van der Waals surface area contributed by atoms with Gasteiger partial charge in [0.2, 0.25) is 5.91 Å². The normalized spacial score (nSPS) is 17.4. The van der Waals surface area contributed by atoms with E-state index in [2.05, 4.69) is 10.6 Å². The summed E-state index contributed by atoms with van der Waals surface area (Å²) in [7, 11) is 1.77. The van der Waals surface area contributed by atoms with Crippen LogP contribution >= 0.6 is 34.7 Å². The standard InChI is InChI=1S/C13H11ClN2OS2/c1-15-12-7-5-8(14)10(6-9(7)16-13(12)17)19-11-3-2-4-18-11/h2-6,12,15H,1H3,(H,16,17). The second kappa shape index (κ2) is 5.17. The van der Waals surface area contributed by atoms with Crippen molar-refractivity contribution in [1.82, 2.24) is 5.32 Å². The third-order valence-electron chi connectivity index (χ3n) is 2.93. The van der Waals surface area contributed by atoms with Crippen molar-refractivity contribution in [2.45, 2.75) is 15.1 Å². The van der Waals surface area contributed by atoms with Crippen molar-refractivity contribution in [3.05, 3.63) is 40.2 Å². The van der Waals surface area contributed by atoms with Crippen LogP contribution in [0.15, 0.2) is 38.8 Å². The van der Waals surface area contributed by atoms with Gasteiger partial charge in [0, 0.05) is 16.1 Å². The number of benzene rings is 1. The van der Waals surface area contributed by atoms with E-state index >= 15 is 0 Å². The van der Waals surface area contributed by atoms with Crippen molar-refractivity contribution in [2.24, 2.45) is 0 Å². The second-order valence-corrected chi connectivity index (χ2v) is 6.81.